The quantitative estimate of drug-likeness (QED) is 0.472. The fourth-order valence-corrected chi connectivity index (χ4v) is 1.45. The highest BCUT2D eigenvalue weighted by Crippen LogP contribution is 2.41. The maximum atomic E-state index is 10.6. The lowest BCUT2D eigenvalue weighted by Crippen LogP contribution is -2.40. The summed E-state index contributed by atoms with van der Waals surface area (Å²) in [7, 11) is 0. The summed E-state index contributed by atoms with van der Waals surface area (Å²) in [4.78, 5) is 10.6. The standard InChI is InChI=1S/C6H9NO3/c8-5(9)6-1-2-7-3-4(6)10-6/h4,7H,1-3H2,(H,8,9)/t4-,6+/m0/s1. The number of hydrogen-bond donors (Lipinski definition) is 2. The minimum Gasteiger partial charge on any atom is -0.479 e. The van der Waals surface area contributed by atoms with Gasteiger partial charge in [0.2, 0.25) is 0 Å². The van der Waals surface area contributed by atoms with E-state index in [1.807, 2.05) is 0 Å². The molecule has 0 spiro atoms. The van der Waals surface area contributed by atoms with E-state index in [4.69, 9.17) is 9.84 Å². The molecular weight excluding hydrogens is 134 g/mol. The lowest BCUT2D eigenvalue weighted by Gasteiger charge is -2.12. The summed E-state index contributed by atoms with van der Waals surface area (Å²) in [6.45, 7) is 1.44. The van der Waals surface area contributed by atoms with Crippen molar-refractivity contribution in [3.63, 3.8) is 0 Å². The second-order valence-corrected chi connectivity index (χ2v) is 2.76. The van der Waals surface area contributed by atoms with Crippen molar-refractivity contribution in [3.05, 3.63) is 0 Å². The molecule has 2 fully saturated rings. The second-order valence-electron chi connectivity index (χ2n) is 2.76. The first-order valence-electron chi connectivity index (χ1n) is 3.38. The Bertz CT molecular complexity index is 182. The first kappa shape index (κ1) is 6.12. The summed E-state index contributed by atoms with van der Waals surface area (Å²) in [6, 6.07) is 0. The molecule has 56 valence electrons. The molecule has 2 atom stereocenters. The third-order valence-corrected chi connectivity index (χ3v) is 2.18. The molecule has 0 radical (unpaired) electrons. The van der Waals surface area contributed by atoms with Crippen molar-refractivity contribution in [3.8, 4) is 0 Å². The molecule has 4 heteroatoms. The van der Waals surface area contributed by atoms with Gasteiger partial charge < -0.3 is 15.2 Å². The number of hydrogen-bond acceptors (Lipinski definition) is 3. The average molecular weight is 143 g/mol. The van der Waals surface area contributed by atoms with E-state index >= 15 is 0 Å². The number of epoxide rings is 1. The number of carboxylic acid groups (broad SMARTS) is 1. The first-order chi connectivity index (χ1) is 4.76. The van der Waals surface area contributed by atoms with Gasteiger partial charge in [-0.3, -0.25) is 0 Å². The highest BCUT2D eigenvalue weighted by Gasteiger charge is 2.63. The van der Waals surface area contributed by atoms with Crippen LogP contribution in [0.3, 0.4) is 0 Å². The highest BCUT2D eigenvalue weighted by atomic mass is 16.6. The van der Waals surface area contributed by atoms with Gasteiger partial charge in [0.05, 0.1) is 0 Å². The molecule has 2 heterocycles. The second kappa shape index (κ2) is 1.71. The van der Waals surface area contributed by atoms with E-state index in [2.05, 4.69) is 5.32 Å². The SMILES string of the molecule is O=C(O)[C@@]12CCNC[C@@H]1O2. The van der Waals surface area contributed by atoms with E-state index in [0.717, 1.165) is 6.54 Å². The Morgan fingerprint density at radius 2 is 2.60 bits per heavy atom. The van der Waals surface area contributed by atoms with Gasteiger partial charge in [0.25, 0.3) is 0 Å². The van der Waals surface area contributed by atoms with Gasteiger partial charge >= 0.3 is 5.97 Å². The predicted octanol–water partition coefficient (Wildman–Crippen LogP) is -0.798. The number of nitrogens with one attached hydrogen (secondary N) is 1. The zero-order chi connectivity index (χ0) is 7.19. The molecule has 2 saturated heterocycles. The lowest BCUT2D eigenvalue weighted by atomic mass is 9.98. The van der Waals surface area contributed by atoms with Gasteiger partial charge in [-0.05, 0) is 6.54 Å². The van der Waals surface area contributed by atoms with E-state index in [1.165, 1.54) is 0 Å². The van der Waals surface area contributed by atoms with E-state index in [9.17, 15) is 4.79 Å². The van der Waals surface area contributed by atoms with Gasteiger partial charge in [-0.1, -0.05) is 0 Å². The third kappa shape index (κ3) is 0.602. The molecule has 0 saturated carbocycles. The number of piperidine rings is 1. The number of aliphatic carboxylic acids is 1. The molecule has 0 bridgehead atoms. The average Bonchev–Trinajstić information content (AvgIpc) is 2.61. The Balaban J connectivity index is 2.12. The Morgan fingerprint density at radius 1 is 1.80 bits per heavy atom. The highest BCUT2D eigenvalue weighted by molar-refractivity contribution is 5.81. The smallest absolute Gasteiger partial charge is 0.338 e. The third-order valence-electron chi connectivity index (χ3n) is 2.18. The van der Waals surface area contributed by atoms with Crippen LogP contribution < -0.4 is 5.32 Å². The lowest BCUT2D eigenvalue weighted by molar-refractivity contribution is -0.143. The van der Waals surface area contributed by atoms with Crippen LogP contribution in [0.15, 0.2) is 0 Å². The fraction of sp³-hybridized carbons (Fsp3) is 0.833. The van der Waals surface area contributed by atoms with E-state index in [1.54, 1.807) is 0 Å². The molecule has 2 N–H and O–H groups in total. The van der Waals surface area contributed by atoms with Crippen molar-refractivity contribution in [2.75, 3.05) is 13.1 Å². The monoisotopic (exact) mass is 143 g/mol. The van der Waals surface area contributed by atoms with Crippen LogP contribution in [0, 0.1) is 0 Å². The molecule has 0 aromatic rings. The van der Waals surface area contributed by atoms with E-state index in [0.29, 0.717) is 13.0 Å². The molecule has 10 heavy (non-hydrogen) atoms. The maximum absolute atomic E-state index is 10.6. The van der Waals surface area contributed by atoms with Gasteiger partial charge in [0.15, 0.2) is 5.60 Å². The van der Waals surface area contributed by atoms with Crippen LogP contribution in [0.5, 0.6) is 0 Å². The summed E-state index contributed by atoms with van der Waals surface area (Å²) in [5.41, 5.74) is -0.800. The first-order valence-corrected chi connectivity index (χ1v) is 3.38. The number of carbonyl (C=O) groups is 1. The van der Waals surface area contributed by atoms with Crippen LogP contribution in [-0.4, -0.2) is 35.9 Å². The number of rotatable bonds is 1. The van der Waals surface area contributed by atoms with Crippen LogP contribution in [-0.2, 0) is 9.53 Å². The molecule has 2 rings (SSSR count). The maximum Gasteiger partial charge on any atom is 0.338 e. The van der Waals surface area contributed by atoms with Gasteiger partial charge in [-0.15, -0.1) is 0 Å². The summed E-state index contributed by atoms with van der Waals surface area (Å²) in [5, 5.41) is 11.8. The van der Waals surface area contributed by atoms with E-state index < -0.39 is 11.6 Å². The molecule has 2 aliphatic heterocycles. The van der Waals surface area contributed by atoms with Crippen LogP contribution in [0.1, 0.15) is 6.42 Å². The zero-order valence-electron chi connectivity index (χ0n) is 5.46. The predicted molar refractivity (Wildman–Crippen MR) is 32.7 cm³/mol. The summed E-state index contributed by atoms with van der Waals surface area (Å²) < 4.78 is 5.06. The van der Waals surface area contributed by atoms with Gasteiger partial charge in [0.1, 0.15) is 6.10 Å². The van der Waals surface area contributed by atoms with Crippen LogP contribution in [0.2, 0.25) is 0 Å². The van der Waals surface area contributed by atoms with E-state index in [-0.39, 0.29) is 6.10 Å². The Morgan fingerprint density at radius 3 is 3.10 bits per heavy atom. The van der Waals surface area contributed by atoms with Crippen molar-refractivity contribution < 1.29 is 14.6 Å². The minimum absolute atomic E-state index is 0.0706. The van der Waals surface area contributed by atoms with Gasteiger partial charge in [-0.25, -0.2) is 4.79 Å². The Labute approximate surface area is 58.2 Å². The Hall–Kier alpha value is -0.610. The molecule has 0 amide bonds. The molecule has 4 nitrogen and oxygen atoms in total. The molecule has 0 aliphatic carbocycles. The largest absolute Gasteiger partial charge is 0.479 e. The number of fused-ring (bicyclic) bond motifs is 1. The topological polar surface area (TPSA) is 61.9 Å². The van der Waals surface area contributed by atoms with Crippen molar-refractivity contribution in [1.29, 1.82) is 0 Å². The Kier molecular flexibility index (Phi) is 1.04. The molecule has 0 unspecified atom stereocenters. The fourth-order valence-electron chi connectivity index (χ4n) is 1.45. The normalized spacial score (nSPS) is 44.2. The minimum atomic E-state index is -0.806. The van der Waals surface area contributed by atoms with Crippen molar-refractivity contribution in [2.45, 2.75) is 18.1 Å². The summed E-state index contributed by atoms with van der Waals surface area (Å²) in [6.07, 6.45) is 0.534. The van der Waals surface area contributed by atoms with Crippen molar-refractivity contribution in [2.24, 2.45) is 0 Å². The van der Waals surface area contributed by atoms with Crippen LogP contribution >= 0.6 is 0 Å². The number of ether oxygens (including phenoxy) is 1. The van der Waals surface area contributed by atoms with Crippen molar-refractivity contribution >= 4 is 5.97 Å². The summed E-state index contributed by atoms with van der Waals surface area (Å²) >= 11 is 0. The number of carboxylic acids is 1. The van der Waals surface area contributed by atoms with Crippen molar-refractivity contribution in [1.82, 2.24) is 5.32 Å². The molecule has 0 aromatic heterocycles. The summed E-state index contributed by atoms with van der Waals surface area (Å²) in [5.74, 6) is -0.806. The zero-order valence-corrected chi connectivity index (χ0v) is 5.46. The molecule has 2 aliphatic rings. The van der Waals surface area contributed by atoms with Crippen LogP contribution in [0.25, 0.3) is 0 Å². The van der Waals surface area contributed by atoms with Gasteiger partial charge in [0, 0.05) is 13.0 Å². The molecule has 0 aromatic carbocycles. The molecular formula is C6H9NO3. The van der Waals surface area contributed by atoms with Gasteiger partial charge in [-0.2, -0.15) is 0 Å². The van der Waals surface area contributed by atoms with Crippen LogP contribution in [0.4, 0.5) is 0 Å².